The molecule has 0 aromatic carbocycles. The van der Waals surface area contributed by atoms with Gasteiger partial charge in [0.1, 0.15) is 0 Å². The zero-order valence-corrected chi connectivity index (χ0v) is 11.0. The van der Waals surface area contributed by atoms with E-state index in [1.807, 2.05) is 34.6 Å². The highest BCUT2D eigenvalue weighted by Crippen LogP contribution is 2.39. The summed E-state index contributed by atoms with van der Waals surface area (Å²) in [5, 5.41) is 1.69. The predicted octanol–water partition coefficient (Wildman–Crippen LogP) is 1.85. The maximum Gasteiger partial charge on any atom is 0.331 e. The third-order valence-corrected chi connectivity index (χ3v) is 3.57. The van der Waals surface area contributed by atoms with Gasteiger partial charge in [-0.2, -0.15) is 0 Å². The first kappa shape index (κ1) is 13.5. The summed E-state index contributed by atoms with van der Waals surface area (Å²) in [6.45, 7) is 12.6. The minimum atomic E-state index is -0.495. The van der Waals surface area contributed by atoms with Crippen LogP contribution in [-0.4, -0.2) is 37.3 Å². The van der Waals surface area contributed by atoms with Crippen molar-refractivity contribution >= 4 is 5.97 Å². The van der Waals surface area contributed by atoms with Crippen molar-refractivity contribution in [2.75, 3.05) is 26.3 Å². The number of nitrogens with zero attached hydrogens (tertiary/aromatic N) is 1. The van der Waals surface area contributed by atoms with E-state index in [4.69, 9.17) is 9.57 Å². The fourth-order valence-electron chi connectivity index (χ4n) is 1.18. The molecule has 1 saturated heterocycles. The smallest absolute Gasteiger partial charge is 0.331 e. The van der Waals surface area contributed by atoms with Crippen LogP contribution in [0.4, 0.5) is 0 Å². The molecule has 1 rings (SSSR count). The quantitative estimate of drug-likeness (QED) is 0.724. The molecule has 0 unspecified atom stereocenters. The molecule has 0 bridgehead atoms. The molecular formula is C12H23NO3. The minimum Gasteiger partial charge on any atom is -0.379 e. The lowest BCUT2D eigenvalue weighted by Crippen LogP contribution is -2.45. The fourth-order valence-corrected chi connectivity index (χ4v) is 1.18. The van der Waals surface area contributed by atoms with E-state index in [-0.39, 0.29) is 11.4 Å². The molecule has 4 nitrogen and oxygen atoms in total. The van der Waals surface area contributed by atoms with E-state index < -0.39 is 5.41 Å². The summed E-state index contributed by atoms with van der Waals surface area (Å²) in [6, 6.07) is 0. The maximum atomic E-state index is 12.1. The van der Waals surface area contributed by atoms with Crippen molar-refractivity contribution in [3.05, 3.63) is 0 Å². The van der Waals surface area contributed by atoms with Gasteiger partial charge in [0.15, 0.2) is 0 Å². The zero-order chi connectivity index (χ0) is 12.4. The minimum absolute atomic E-state index is 0.115. The molecule has 0 spiro atoms. The van der Waals surface area contributed by atoms with Crippen molar-refractivity contribution in [2.24, 2.45) is 10.8 Å². The number of ether oxygens (including phenoxy) is 1. The number of hydrogen-bond acceptors (Lipinski definition) is 4. The van der Waals surface area contributed by atoms with E-state index in [9.17, 15) is 4.79 Å². The Hall–Kier alpha value is -0.610. The molecule has 1 heterocycles. The highest BCUT2D eigenvalue weighted by molar-refractivity contribution is 5.76. The van der Waals surface area contributed by atoms with Gasteiger partial charge in [0.25, 0.3) is 0 Å². The Morgan fingerprint density at radius 3 is 2.06 bits per heavy atom. The van der Waals surface area contributed by atoms with Gasteiger partial charge in [-0.1, -0.05) is 20.8 Å². The monoisotopic (exact) mass is 229 g/mol. The number of carbonyl (C=O) groups is 1. The Balaban J connectivity index is 2.57. The molecule has 0 aromatic heterocycles. The van der Waals surface area contributed by atoms with Gasteiger partial charge in [-0.15, -0.1) is 5.06 Å². The molecule has 0 aliphatic carbocycles. The van der Waals surface area contributed by atoms with Gasteiger partial charge >= 0.3 is 5.97 Å². The van der Waals surface area contributed by atoms with Crippen molar-refractivity contribution in [3.63, 3.8) is 0 Å². The molecule has 0 amide bonds. The molecule has 0 atom stereocenters. The molecule has 0 radical (unpaired) electrons. The Bertz CT molecular complexity index is 249. The number of hydroxylamine groups is 2. The highest BCUT2D eigenvalue weighted by atomic mass is 16.7. The van der Waals surface area contributed by atoms with Crippen LogP contribution in [0.15, 0.2) is 0 Å². The van der Waals surface area contributed by atoms with Crippen LogP contribution in [0.1, 0.15) is 34.6 Å². The second-order valence-corrected chi connectivity index (χ2v) is 5.80. The largest absolute Gasteiger partial charge is 0.379 e. The van der Waals surface area contributed by atoms with Crippen molar-refractivity contribution in [1.29, 1.82) is 0 Å². The van der Waals surface area contributed by atoms with Crippen LogP contribution < -0.4 is 0 Å². The lowest BCUT2D eigenvalue weighted by molar-refractivity contribution is -0.219. The zero-order valence-electron chi connectivity index (χ0n) is 11.0. The molecular weight excluding hydrogens is 206 g/mol. The Morgan fingerprint density at radius 2 is 1.62 bits per heavy atom. The standard InChI is InChI=1S/C12H23NO3/c1-11(2,3)12(4,5)10(14)16-13-6-8-15-9-7-13/h6-9H2,1-5H3. The topological polar surface area (TPSA) is 38.8 Å². The Labute approximate surface area is 97.9 Å². The van der Waals surface area contributed by atoms with Crippen molar-refractivity contribution in [2.45, 2.75) is 34.6 Å². The molecule has 16 heavy (non-hydrogen) atoms. The van der Waals surface area contributed by atoms with Gasteiger partial charge in [0.2, 0.25) is 0 Å². The summed E-state index contributed by atoms with van der Waals surface area (Å²) >= 11 is 0. The second kappa shape index (κ2) is 4.72. The van der Waals surface area contributed by atoms with Gasteiger partial charge in [-0.25, -0.2) is 4.79 Å². The van der Waals surface area contributed by atoms with Gasteiger partial charge < -0.3 is 9.57 Å². The van der Waals surface area contributed by atoms with Crippen LogP contribution in [0.3, 0.4) is 0 Å². The molecule has 1 aliphatic rings. The third-order valence-electron chi connectivity index (χ3n) is 3.57. The van der Waals surface area contributed by atoms with Gasteiger partial charge in [-0.3, -0.25) is 0 Å². The van der Waals surface area contributed by atoms with Gasteiger partial charge in [-0.05, 0) is 19.3 Å². The average molecular weight is 229 g/mol. The fraction of sp³-hybridized carbons (Fsp3) is 0.917. The molecule has 0 aromatic rings. The average Bonchev–Trinajstić information content (AvgIpc) is 2.17. The van der Waals surface area contributed by atoms with E-state index in [2.05, 4.69) is 0 Å². The van der Waals surface area contributed by atoms with E-state index >= 15 is 0 Å². The highest BCUT2D eigenvalue weighted by Gasteiger charge is 2.42. The van der Waals surface area contributed by atoms with Crippen molar-refractivity contribution < 1.29 is 14.4 Å². The SMILES string of the molecule is CC(C)(C)C(C)(C)C(=O)ON1CCOCC1. The molecule has 0 N–H and O–H groups in total. The van der Waals surface area contributed by atoms with E-state index in [0.717, 1.165) is 0 Å². The third kappa shape index (κ3) is 2.95. The summed E-state index contributed by atoms with van der Waals surface area (Å²) in [4.78, 5) is 17.5. The van der Waals surface area contributed by atoms with Crippen molar-refractivity contribution in [1.82, 2.24) is 5.06 Å². The lowest BCUT2D eigenvalue weighted by Gasteiger charge is -2.38. The van der Waals surface area contributed by atoms with E-state index in [1.165, 1.54) is 0 Å². The first-order chi connectivity index (χ1) is 7.25. The number of morpholine rings is 1. The predicted molar refractivity (Wildman–Crippen MR) is 61.7 cm³/mol. The number of rotatable bonds is 2. The number of hydrogen-bond donors (Lipinski definition) is 0. The second-order valence-electron chi connectivity index (χ2n) is 5.80. The molecule has 4 heteroatoms. The van der Waals surface area contributed by atoms with Gasteiger partial charge in [0.05, 0.1) is 31.7 Å². The van der Waals surface area contributed by atoms with Crippen LogP contribution in [0.25, 0.3) is 0 Å². The maximum absolute atomic E-state index is 12.1. The summed E-state index contributed by atoms with van der Waals surface area (Å²) < 4.78 is 5.20. The molecule has 1 fully saturated rings. The normalized spacial score (nSPS) is 19.6. The van der Waals surface area contributed by atoms with Crippen LogP contribution in [-0.2, 0) is 14.4 Å². The lowest BCUT2D eigenvalue weighted by atomic mass is 9.69. The Kier molecular flexibility index (Phi) is 3.97. The summed E-state index contributed by atoms with van der Waals surface area (Å²) in [5.41, 5.74) is -0.609. The van der Waals surface area contributed by atoms with Gasteiger partial charge in [0, 0.05) is 0 Å². The first-order valence-electron chi connectivity index (χ1n) is 5.80. The van der Waals surface area contributed by atoms with Crippen molar-refractivity contribution in [3.8, 4) is 0 Å². The number of carbonyl (C=O) groups excluding carboxylic acids is 1. The van der Waals surface area contributed by atoms with Crippen LogP contribution in [0.5, 0.6) is 0 Å². The van der Waals surface area contributed by atoms with E-state index in [1.54, 1.807) is 5.06 Å². The summed E-state index contributed by atoms with van der Waals surface area (Å²) in [6.07, 6.45) is 0. The van der Waals surface area contributed by atoms with Crippen LogP contribution >= 0.6 is 0 Å². The summed E-state index contributed by atoms with van der Waals surface area (Å²) in [7, 11) is 0. The Morgan fingerprint density at radius 1 is 1.12 bits per heavy atom. The van der Waals surface area contributed by atoms with Crippen LogP contribution in [0, 0.1) is 10.8 Å². The first-order valence-corrected chi connectivity index (χ1v) is 5.80. The molecule has 0 saturated carbocycles. The molecule has 94 valence electrons. The van der Waals surface area contributed by atoms with E-state index in [0.29, 0.717) is 26.3 Å². The molecule has 1 aliphatic heterocycles. The van der Waals surface area contributed by atoms with Crippen LogP contribution in [0.2, 0.25) is 0 Å². The summed E-state index contributed by atoms with van der Waals surface area (Å²) in [5.74, 6) is -0.165.